The van der Waals surface area contributed by atoms with Crippen LogP contribution in [0.4, 0.5) is 14.5 Å². The Labute approximate surface area is 131 Å². The molecular weight excluding hydrogens is 310 g/mol. The van der Waals surface area contributed by atoms with Crippen molar-refractivity contribution in [1.82, 2.24) is 0 Å². The van der Waals surface area contributed by atoms with Crippen LogP contribution in [0.25, 0.3) is 0 Å². The molecule has 0 atom stereocenters. The molecular formula is C15H14F2N2S2. The molecule has 6 heteroatoms. The van der Waals surface area contributed by atoms with Crippen molar-refractivity contribution in [2.45, 2.75) is 25.4 Å². The molecule has 1 aromatic heterocycles. The average molecular weight is 324 g/mol. The Morgan fingerprint density at radius 2 is 2.00 bits per heavy atom. The van der Waals surface area contributed by atoms with E-state index in [0.717, 1.165) is 17.7 Å². The molecule has 0 amide bonds. The number of benzene rings is 1. The molecule has 0 unspecified atom stereocenters. The van der Waals surface area contributed by atoms with E-state index in [1.807, 2.05) is 17.5 Å². The van der Waals surface area contributed by atoms with Crippen molar-refractivity contribution >= 4 is 34.2 Å². The van der Waals surface area contributed by atoms with E-state index in [0.29, 0.717) is 6.54 Å². The van der Waals surface area contributed by atoms with Crippen LogP contribution in [0.1, 0.15) is 23.3 Å². The average Bonchev–Trinajstić information content (AvgIpc) is 3.14. The fourth-order valence-corrected chi connectivity index (χ4v) is 3.15. The van der Waals surface area contributed by atoms with Crippen LogP contribution in [0, 0.1) is 11.6 Å². The summed E-state index contributed by atoms with van der Waals surface area (Å²) < 4.78 is 28.7. The van der Waals surface area contributed by atoms with Gasteiger partial charge in [-0.15, -0.1) is 11.3 Å². The van der Waals surface area contributed by atoms with Crippen LogP contribution in [0.3, 0.4) is 0 Å². The maximum atomic E-state index is 14.3. The number of rotatable bonds is 5. The van der Waals surface area contributed by atoms with Crippen molar-refractivity contribution in [3.8, 4) is 0 Å². The SMILES string of the molecule is NC(=S)c1cc(F)c(N(Cc2cccs2)C2CC2)c(F)c1. The standard InChI is InChI=1S/C15H14F2N2S2/c16-12-6-9(15(18)20)7-13(17)14(12)19(10-3-4-10)8-11-2-1-5-21-11/h1-2,5-7,10H,3-4,8H2,(H2,18,20). The van der Waals surface area contributed by atoms with E-state index >= 15 is 0 Å². The van der Waals surface area contributed by atoms with E-state index in [1.54, 1.807) is 16.2 Å². The summed E-state index contributed by atoms with van der Waals surface area (Å²) in [7, 11) is 0. The Hall–Kier alpha value is -1.53. The third-order valence-electron chi connectivity index (χ3n) is 3.48. The number of hydrogen-bond donors (Lipinski definition) is 1. The molecule has 1 aliphatic carbocycles. The zero-order valence-corrected chi connectivity index (χ0v) is 12.8. The first-order valence-electron chi connectivity index (χ1n) is 6.64. The Balaban J connectivity index is 1.97. The molecule has 3 rings (SSSR count). The van der Waals surface area contributed by atoms with E-state index in [4.69, 9.17) is 18.0 Å². The third kappa shape index (κ3) is 3.06. The normalized spacial score (nSPS) is 14.2. The summed E-state index contributed by atoms with van der Waals surface area (Å²) in [4.78, 5) is 2.88. The van der Waals surface area contributed by atoms with Gasteiger partial charge in [-0.05, 0) is 36.4 Å². The lowest BCUT2D eigenvalue weighted by Crippen LogP contribution is -2.27. The molecule has 0 aliphatic heterocycles. The summed E-state index contributed by atoms with van der Waals surface area (Å²) in [5, 5.41) is 1.96. The van der Waals surface area contributed by atoms with Gasteiger partial charge in [-0.1, -0.05) is 18.3 Å². The highest BCUT2D eigenvalue weighted by atomic mass is 32.1. The van der Waals surface area contributed by atoms with Gasteiger partial charge < -0.3 is 10.6 Å². The van der Waals surface area contributed by atoms with Crippen molar-refractivity contribution in [3.05, 3.63) is 51.7 Å². The number of nitrogens with two attached hydrogens (primary N) is 1. The summed E-state index contributed by atoms with van der Waals surface area (Å²) >= 11 is 6.36. The molecule has 1 heterocycles. The molecule has 0 saturated heterocycles. The molecule has 21 heavy (non-hydrogen) atoms. The zero-order chi connectivity index (χ0) is 15.0. The molecule has 2 nitrogen and oxygen atoms in total. The van der Waals surface area contributed by atoms with Gasteiger partial charge >= 0.3 is 0 Å². The highest BCUT2D eigenvalue weighted by Gasteiger charge is 2.33. The quantitative estimate of drug-likeness (QED) is 0.848. The predicted octanol–water partition coefficient (Wildman–Crippen LogP) is 3.83. The van der Waals surface area contributed by atoms with Crippen LogP contribution in [0.5, 0.6) is 0 Å². The highest BCUT2D eigenvalue weighted by molar-refractivity contribution is 7.80. The second-order valence-corrected chi connectivity index (χ2v) is 6.56. The second-order valence-electron chi connectivity index (χ2n) is 5.09. The van der Waals surface area contributed by atoms with Crippen molar-refractivity contribution in [2.24, 2.45) is 5.73 Å². The summed E-state index contributed by atoms with van der Waals surface area (Å²) in [5.74, 6) is -1.22. The Morgan fingerprint density at radius 3 is 2.48 bits per heavy atom. The van der Waals surface area contributed by atoms with Crippen molar-refractivity contribution in [3.63, 3.8) is 0 Å². The monoisotopic (exact) mass is 324 g/mol. The van der Waals surface area contributed by atoms with Crippen LogP contribution in [-0.4, -0.2) is 11.0 Å². The lowest BCUT2D eigenvalue weighted by Gasteiger charge is -2.25. The Kier molecular flexibility index (Phi) is 3.91. The number of thiocarbonyl (C=S) groups is 1. The summed E-state index contributed by atoms with van der Waals surface area (Å²) in [6.07, 6.45) is 1.92. The molecule has 1 fully saturated rings. The van der Waals surface area contributed by atoms with Gasteiger partial charge in [0.2, 0.25) is 0 Å². The van der Waals surface area contributed by atoms with Crippen molar-refractivity contribution < 1.29 is 8.78 Å². The number of hydrogen-bond acceptors (Lipinski definition) is 3. The smallest absolute Gasteiger partial charge is 0.150 e. The van der Waals surface area contributed by atoms with Gasteiger partial charge in [-0.25, -0.2) is 8.78 Å². The summed E-state index contributed by atoms with van der Waals surface area (Å²) in [6.45, 7) is 0.516. The third-order valence-corrected chi connectivity index (χ3v) is 4.58. The van der Waals surface area contributed by atoms with Crippen LogP contribution in [0.15, 0.2) is 29.6 Å². The van der Waals surface area contributed by atoms with E-state index in [-0.39, 0.29) is 22.3 Å². The van der Waals surface area contributed by atoms with Gasteiger partial charge in [0.25, 0.3) is 0 Å². The van der Waals surface area contributed by atoms with Crippen LogP contribution < -0.4 is 10.6 Å². The first kappa shape index (κ1) is 14.4. The summed E-state index contributed by atoms with van der Waals surface area (Å²) in [5.41, 5.74) is 5.68. The molecule has 1 saturated carbocycles. The minimum absolute atomic E-state index is 0.00409. The predicted molar refractivity (Wildman–Crippen MR) is 85.8 cm³/mol. The number of halogens is 2. The first-order valence-corrected chi connectivity index (χ1v) is 7.93. The highest BCUT2D eigenvalue weighted by Crippen LogP contribution is 2.37. The van der Waals surface area contributed by atoms with Crippen molar-refractivity contribution in [1.29, 1.82) is 0 Å². The fraction of sp³-hybridized carbons (Fsp3) is 0.267. The van der Waals surface area contributed by atoms with Gasteiger partial charge in [0.15, 0.2) is 0 Å². The van der Waals surface area contributed by atoms with Gasteiger partial charge in [-0.3, -0.25) is 0 Å². The van der Waals surface area contributed by atoms with Gasteiger partial charge in [0, 0.05) is 16.5 Å². The molecule has 0 spiro atoms. The Morgan fingerprint density at radius 1 is 1.33 bits per heavy atom. The molecule has 2 N–H and O–H groups in total. The van der Waals surface area contributed by atoms with Crippen LogP contribution >= 0.6 is 23.6 Å². The number of anilines is 1. The maximum Gasteiger partial charge on any atom is 0.150 e. The van der Waals surface area contributed by atoms with Crippen molar-refractivity contribution in [2.75, 3.05) is 4.90 Å². The van der Waals surface area contributed by atoms with E-state index in [1.165, 1.54) is 12.1 Å². The number of nitrogens with zero attached hydrogens (tertiary/aromatic N) is 1. The van der Waals surface area contributed by atoms with E-state index < -0.39 is 11.6 Å². The second kappa shape index (κ2) is 5.69. The van der Waals surface area contributed by atoms with Crippen LogP contribution in [-0.2, 0) is 6.54 Å². The van der Waals surface area contributed by atoms with Gasteiger partial charge in [0.05, 0.1) is 6.54 Å². The van der Waals surface area contributed by atoms with E-state index in [9.17, 15) is 8.78 Å². The summed E-state index contributed by atoms with van der Waals surface area (Å²) in [6, 6.07) is 6.54. The largest absolute Gasteiger partial charge is 0.389 e. The minimum Gasteiger partial charge on any atom is -0.389 e. The Bertz CT molecular complexity index is 643. The number of thiophene rings is 1. The lowest BCUT2D eigenvalue weighted by atomic mass is 10.1. The molecule has 110 valence electrons. The maximum absolute atomic E-state index is 14.3. The van der Waals surface area contributed by atoms with E-state index in [2.05, 4.69) is 0 Å². The fourth-order valence-electron chi connectivity index (χ4n) is 2.33. The molecule has 2 aromatic rings. The first-order chi connectivity index (χ1) is 10.1. The lowest BCUT2D eigenvalue weighted by molar-refractivity contribution is 0.568. The zero-order valence-electron chi connectivity index (χ0n) is 11.2. The van der Waals surface area contributed by atoms with Gasteiger partial charge in [-0.2, -0.15) is 0 Å². The molecule has 0 bridgehead atoms. The molecule has 1 aliphatic rings. The molecule has 0 radical (unpaired) electrons. The minimum atomic E-state index is -0.610. The topological polar surface area (TPSA) is 29.3 Å². The molecule has 1 aromatic carbocycles. The van der Waals surface area contributed by atoms with Crippen LogP contribution in [0.2, 0.25) is 0 Å². The van der Waals surface area contributed by atoms with Gasteiger partial charge in [0.1, 0.15) is 22.3 Å².